The first-order chi connectivity index (χ1) is 13.0. The van der Waals surface area contributed by atoms with Crippen molar-refractivity contribution in [3.63, 3.8) is 0 Å². The lowest BCUT2D eigenvalue weighted by Gasteiger charge is -2.38. The molecular formula is C19H20ClN3O2S2. The van der Waals surface area contributed by atoms with Crippen molar-refractivity contribution in [3.05, 3.63) is 44.7 Å². The molecule has 0 saturated heterocycles. The van der Waals surface area contributed by atoms with Crippen LogP contribution in [0, 0.1) is 9.87 Å². The fourth-order valence-corrected chi connectivity index (χ4v) is 5.61. The van der Waals surface area contributed by atoms with E-state index < -0.39 is 0 Å². The number of rotatable bonds is 4. The summed E-state index contributed by atoms with van der Waals surface area (Å²) in [6.45, 7) is 0.529. The Morgan fingerprint density at radius 1 is 1.33 bits per heavy atom. The predicted octanol–water partition coefficient (Wildman–Crippen LogP) is 4.15. The molecule has 1 aromatic heterocycles. The number of carbonyl (C=O) groups excluding carboxylic acids is 2. The third kappa shape index (κ3) is 3.68. The molecule has 142 valence electrons. The molecule has 2 aliphatic rings. The molecule has 8 heteroatoms. The molecule has 1 aliphatic carbocycles. The van der Waals surface area contributed by atoms with Crippen LogP contribution < -0.4 is 10.6 Å². The fourth-order valence-electron chi connectivity index (χ4n) is 3.91. The number of benzene rings is 1. The summed E-state index contributed by atoms with van der Waals surface area (Å²) in [6, 6.07) is 9.99. The summed E-state index contributed by atoms with van der Waals surface area (Å²) >= 11 is 13.0. The number of carbonyl (C=O) groups is 2. The van der Waals surface area contributed by atoms with Gasteiger partial charge in [-0.3, -0.25) is 9.59 Å². The quantitative estimate of drug-likeness (QED) is 0.575. The molecule has 3 atom stereocenters. The third-order valence-corrected chi connectivity index (χ3v) is 7.05. The normalized spacial score (nSPS) is 23.9. The van der Waals surface area contributed by atoms with Crippen molar-refractivity contribution < 1.29 is 9.59 Å². The second-order valence-electron chi connectivity index (χ2n) is 6.98. The SMILES string of the molecule is O=C(NCCc1ccccc1)c1sc(=S)n2c1NC(=O)C1CC(Cl)CCC12. The summed E-state index contributed by atoms with van der Waals surface area (Å²) < 4.78 is 2.59. The van der Waals surface area contributed by atoms with Gasteiger partial charge in [0.1, 0.15) is 10.7 Å². The Kier molecular flexibility index (Phi) is 5.34. The standard InChI is InChI=1S/C19H20ClN3O2S2/c20-12-6-7-14-13(10-12)17(24)22-16-15(27-19(26)23(14)16)18(25)21-9-8-11-4-2-1-3-5-11/h1-5,12-14H,6-10H2,(H,21,25)(H,22,24). The molecule has 27 heavy (non-hydrogen) atoms. The molecule has 0 radical (unpaired) electrons. The van der Waals surface area contributed by atoms with Crippen molar-refractivity contribution in [2.75, 3.05) is 11.9 Å². The first kappa shape index (κ1) is 18.7. The lowest BCUT2D eigenvalue weighted by molar-refractivity contribution is -0.123. The molecule has 0 bridgehead atoms. The van der Waals surface area contributed by atoms with Gasteiger partial charge in [-0.2, -0.15) is 0 Å². The van der Waals surface area contributed by atoms with Gasteiger partial charge < -0.3 is 15.2 Å². The Hall–Kier alpha value is -1.70. The van der Waals surface area contributed by atoms with Crippen LogP contribution in [0.25, 0.3) is 0 Å². The van der Waals surface area contributed by atoms with Gasteiger partial charge in [-0.1, -0.05) is 41.7 Å². The summed E-state index contributed by atoms with van der Waals surface area (Å²) in [5.74, 6) is 0.113. The topological polar surface area (TPSA) is 63.1 Å². The van der Waals surface area contributed by atoms with E-state index in [-0.39, 0.29) is 29.2 Å². The highest BCUT2D eigenvalue weighted by Crippen LogP contribution is 2.44. The van der Waals surface area contributed by atoms with E-state index in [2.05, 4.69) is 10.6 Å². The second kappa shape index (κ2) is 7.73. The van der Waals surface area contributed by atoms with Crippen LogP contribution >= 0.6 is 35.2 Å². The van der Waals surface area contributed by atoms with E-state index in [1.807, 2.05) is 34.9 Å². The number of hydrogen-bond acceptors (Lipinski definition) is 4. The number of aromatic nitrogens is 1. The Balaban J connectivity index is 1.52. The molecule has 1 aliphatic heterocycles. The van der Waals surface area contributed by atoms with E-state index >= 15 is 0 Å². The van der Waals surface area contributed by atoms with Gasteiger partial charge in [0, 0.05) is 18.0 Å². The molecule has 5 nitrogen and oxygen atoms in total. The summed E-state index contributed by atoms with van der Waals surface area (Å²) in [6.07, 6.45) is 3.06. The van der Waals surface area contributed by atoms with Crippen LogP contribution in [0.15, 0.2) is 30.3 Å². The van der Waals surface area contributed by atoms with Crippen molar-refractivity contribution in [1.29, 1.82) is 0 Å². The van der Waals surface area contributed by atoms with E-state index in [0.717, 1.165) is 19.3 Å². The van der Waals surface area contributed by atoms with Gasteiger partial charge in [0.2, 0.25) is 5.91 Å². The number of thiazole rings is 1. The Bertz CT molecular complexity index is 925. The molecule has 2 aromatic rings. The molecular weight excluding hydrogens is 402 g/mol. The molecule has 4 rings (SSSR count). The van der Waals surface area contributed by atoms with E-state index in [0.29, 0.717) is 27.6 Å². The van der Waals surface area contributed by atoms with Crippen LogP contribution in [0.5, 0.6) is 0 Å². The molecule has 1 saturated carbocycles. The summed E-state index contributed by atoms with van der Waals surface area (Å²) in [5.41, 5.74) is 1.17. The second-order valence-corrected chi connectivity index (χ2v) is 9.24. The Morgan fingerprint density at radius 3 is 2.89 bits per heavy atom. The average molecular weight is 422 g/mol. The largest absolute Gasteiger partial charge is 0.351 e. The van der Waals surface area contributed by atoms with Crippen molar-refractivity contribution in [2.24, 2.45) is 5.92 Å². The zero-order valence-electron chi connectivity index (χ0n) is 14.6. The first-order valence-electron chi connectivity index (χ1n) is 9.07. The van der Waals surface area contributed by atoms with E-state index in [1.54, 1.807) is 0 Å². The van der Waals surface area contributed by atoms with Gasteiger partial charge in [0.15, 0.2) is 3.95 Å². The molecule has 3 unspecified atom stereocenters. The van der Waals surface area contributed by atoms with Gasteiger partial charge in [0.25, 0.3) is 5.91 Å². The molecule has 2 amide bonds. The lowest BCUT2D eigenvalue weighted by atomic mass is 9.82. The number of halogens is 1. The lowest BCUT2D eigenvalue weighted by Crippen LogP contribution is -2.42. The van der Waals surface area contributed by atoms with E-state index in [1.165, 1.54) is 16.9 Å². The summed E-state index contributed by atoms with van der Waals surface area (Å²) in [4.78, 5) is 25.8. The molecule has 2 heterocycles. The molecule has 2 N–H and O–H groups in total. The van der Waals surface area contributed by atoms with E-state index in [4.69, 9.17) is 23.8 Å². The highest BCUT2D eigenvalue weighted by atomic mass is 35.5. The van der Waals surface area contributed by atoms with E-state index in [9.17, 15) is 9.59 Å². The minimum atomic E-state index is -0.194. The van der Waals surface area contributed by atoms with Crippen LogP contribution in [0.4, 0.5) is 5.82 Å². The minimum absolute atomic E-state index is 0.00151. The number of amides is 2. The van der Waals surface area contributed by atoms with Gasteiger partial charge >= 0.3 is 0 Å². The molecule has 0 spiro atoms. The van der Waals surface area contributed by atoms with Crippen LogP contribution in [-0.4, -0.2) is 28.3 Å². The predicted molar refractivity (Wildman–Crippen MR) is 110 cm³/mol. The maximum Gasteiger partial charge on any atom is 0.265 e. The average Bonchev–Trinajstić information content (AvgIpc) is 2.99. The molecule has 1 fully saturated rings. The first-order valence-corrected chi connectivity index (χ1v) is 10.7. The smallest absolute Gasteiger partial charge is 0.265 e. The Labute approximate surface area is 171 Å². The monoisotopic (exact) mass is 421 g/mol. The van der Waals surface area contributed by atoms with Crippen LogP contribution in [0.2, 0.25) is 0 Å². The fraction of sp³-hybridized carbons (Fsp3) is 0.421. The van der Waals surface area contributed by atoms with Crippen LogP contribution in [0.1, 0.15) is 40.5 Å². The minimum Gasteiger partial charge on any atom is -0.351 e. The summed E-state index contributed by atoms with van der Waals surface area (Å²) in [7, 11) is 0. The van der Waals surface area contributed by atoms with Crippen molar-refractivity contribution in [3.8, 4) is 0 Å². The number of nitrogens with zero attached hydrogens (tertiary/aromatic N) is 1. The number of fused-ring (bicyclic) bond motifs is 3. The number of alkyl halides is 1. The number of anilines is 1. The van der Waals surface area contributed by atoms with Gasteiger partial charge in [-0.25, -0.2) is 0 Å². The Morgan fingerprint density at radius 2 is 2.11 bits per heavy atom. The maximum atomic E-state index is 12.7. The van der Waals surface area contributed by atoms with Gasteiger partial charge in [-0.15, -0.1) is 11.6 Å². The number of nitrogens with one attached hydrogen (secondary N) is 2. The highest BCUT2D eigenvalue weighted by Gasteiger charge is 2.42. The highest BCUT2D eigenvalue weighted by molar-refractivity contribution is 7.73. The van der Waals surface area contributed by atoms with Crippen molar-refractivity contribution in [1.82, 2.24) is 9.88 Å². The number of hydrogen-bond donors (Lipinski definition) is 2. The van der Waals surface area contributed by atoms with Crippen molar-refractivity contribution in [2.45, 2.75) is 37.1 Å². The zero-order chi connectivity index (χ0) is 19.0. The third-order valence-electron chi connectivity index (χ3n) is 5.25. The summed E-state index contributed by atoms with van der Waals surface area (Å²) in [5, 5.41) is 5.87. The van der Waals surface area contributed by atoms with Crippen LogP contribution in [0.3, 0.4) is 0 Å². The zero-order valence-corrected chi connectivity index (χ0v) is 17.0. The van der Waals surface area contributed by atoms with Crippen molar-refractivity contribution >= 4 is 52.8 Å². The van der Waals surface area contributed by atoms with Gasteiger partial charge in [0.05, 0.1) is 5.92 Å². The maximum absolute atomic E-state index is 12.7. The van der Waals surface area contributed by atoms with Crippen LogP contribution in [-0.2, 0) is 11.2 Å². The van der Waals surface area contributed by atoms with Gasteiger partial charge in [-0.05, 0) is 43.5 Å². The molecule has 1 aromatic carbocycles.